The van der Waals surface area contributed by atoms with Crippen molar-refractivity contribution in [1.82, 2.24) is 4.72 Å². The lowest BCUT2D eigenvalue weighted by Gasteiger charge is -2.18. The van der Waals surface area contributed by atoms with Crippen LogP contribution in [-0.4, -0.2) is 36.7 Å². The third-order valence-corrected chi connectivity index (χ3v) is 4.38. The third-order valence-electron chi connectivity index (χ3n) is 2.22. The van der Waals surface area contributed by atoms with Gasteiger partial charge in [-0.3, -0.25) is 0 Å². The molecule has 6 nitrogen and oxygen atoms in total. The van der Waals surface area contributed by atoms with Crippen LogP contribution in [0.15, 0.2) is 17.0 Å². The summed E-state index contributed by atoms with van der Waals surface area (Å²) in [5.74, 6) is -1.39. The van der Waals surface area contributed by atoms with E-state index >= 15 is 0 Å². The lowest BCUT2D eigenvalue weighted by atomic mass is 10.1. The Bertz CT molecular complexity index is 637. The molecule has 0 spiro atoms. The molecule has 0 aliphatic heterocycles. The number of aliphatic hydroxyl groups is 1. The number of sulfonamides is 1. The Kier molecular flexibility index (Phi) is 5.04. The lowest BCUT2D eigenvalue weighted by Crippen LogP contribution is -2.38. The SMILES string of the molecule is CC(C)(O)CNS(=O)(=O)c1cc(Cl)cc(C(=O)O)c1Cl. The molecule has 0 fully saturated rings. The maximum atomic E-state index is 12.1. The first-order valence-corrected chi connectivity index (χ1v) is 7.62. The molecule has 112 valence electrons. The first-order chi connectivity index (χ1) is 8.94. The Labute approximate surface area is 126 Å². The fourth-order valence-corrected chi connectivity index (χ4v) is 3.37. The van der Waals surface area contributed by atoms with Crippen LogP contribution < -0.4 is 4.72 Å². The van der Waals surface area contributed by atoms with Gasteiger partial charge in [-0.2, -0.15) is 0 Å². The summed E-state index contributed by atoms with van der Waals surface area (Å²) in [6, 6.07) is 2.10. The fourth-order valence-electron chi connectivity index (χ4n) is 1.26. The zero-order valence-electron chi connectivity index (χ0n) is 10.6. The molecule has 0 atom stereocenters. The topological polar surface area (TPSA) is 104 Å². The van der Waals surface area contributed by atoms with Gasteiger partial charge in [0.05, 0.1) is 16.2 Å². The van der Waals surface area contributed by atoms with Crippen LogP contribution in [0.5, 0.6) is 0 Å². The molecule has 1 aromatic carbocycles. The smallest absolute Gasteiger partial charge is 0.337 e. The predicted molar refractivity (Wildman–Crippen MR) is 74.9 cm³/mol. The van der Waals surface area contributed by atoms with E-state index in [1.807, 2.05) is 0 Å². The average Bonchev–Trinajstić information content (AvgIpc) is 2.28. The predicted octanol–water partition coefficient (Wildman–Crippen LogP) is 1.74. The Hall–Kier alpha value is -0.860. The summed E-state index contributed by atoms with van der Waals surface area (Å²) in [7, 11) is -4.09. The molecule has 0 aliphatic rings. The quantitative estimate of drug-likeness (QED) is 0.756. The Morgan fingerprint density at radius 1 is 1.35 bits per heavy atom. The van der Waals surface area contributed by atoms with Gasteiger partial charge >= 0.3 is 5.97 Å². The van der Waals surface area contributed by atoms with Gasteiger partial charge in [0.15, 0.2) is 0 Å². The van der Waals surface area contributed by atoms with E-state index in [0.29, 0.717) is 0 Å². The van der Waals surface area contributed by atoms with E-state index in [4.69, 9.17) is 28.3 Å². The van der Waals surface area contributed by atoms with Crippen LogP contribution >= 0.6 is 23.2 Å². The van der Waals surface area contributed by atoms with Gasteiger partial charge in [-0.05, 0) is 26.0 Å². The number of halogens is 2. The van der Waals surface area contributed by atoms with E-state index in [-0.39, 0.29) is 11.6 Å². The Morgan fingerprint density at radius 3 is 2.35 bits per heavy atom. The second-order valence-corrected chi connectivity index (χ2v) is 7.26. The van der Waals surface area contributed by atoms with Crippen molar-refractivity contribution in [2.75, 3.05) is 6.54 Å². The number of carboxylic acids is 1. The van der Waals surface area contributed by atoms with Gasteiger partial charge in [-0.25, -0.2) is 17.9 Å². The molecule has 0 bridgehead atoms. The highest BCUT2D eigenvalue weighted by molar-refractivity contribution is 7.89. The zero-order valence-corrected chi connectivity index (χ0v) is 13.0. The average molecular weight is 342 g/mol. The number of rotatable bonds is 5. The monoisotopic (exact) mass is 341 g/mol. The molecule has 0 aromatic heterocycles. The maximum absolute atomic E-state index is 12.1. The Morgan fingerprint density at radius 2 is 1.90 bits per heavy atom. The van der Waals surface area contributed by atoms with E-state index < -0.39 is 37.1 Å². The highest BCUT2D eigenvalue weighted by Gasteiger charge is 2.25. The molecule has 9 heteroatoms. The number of nitrogens with one attached hydrogen (secondary N) is 1. The van der Waals surface area contributed by atoms with Gasteiger partial charge in [-0.15, -0.1) is 0 Å². The highest BCUT2D eigenvalue weighted by atomic mass is 35.5. The van der Waals surface area contributed by atoms with E-state index in [0.717, 1.165) is 12.1 Å². The lowest BCUT2D eigenvalue weighted by molar-refractivity contribution is 0.0696. The van der Waals surface area contributed by atoms with Crippen molar-refractivity contribution in [2.45, 2.75) is 24.3 Å². The first kappa shape index (κ1) is 17.2. The van der Waals surface area contributed by atoms with Gasteiger partial charge in [0, 0.05) is 11.6 Å². The van der Waals surface area contributed by atoms with E-state index in [2.05, 4.69) is 4.72 Å². The molecular formula is C11H13Cl2NO5S. The van der Waals surface area contributed by atoms with E-state index in [1.54, 1.807) is 0 Å². The summed E-state index contributed by atoms with van der Waals surface area (Å²) in [6.45, 7) is 2.57. The molecule has 0 saturated heterocycles. The van der Waals surface area contributed by atoms with Crippen molar-refractivity contribution in [3.63, 3.8) is 0 Å². The number of hydrogen-bond donors (Lipinski definition) is 3. The third kappa shape index (κ3) is 4.32. The molecule has 0 heterocycles. The normalized spacial score (nSPS) is 12.4. The van der Waals surface area contributed by atoms with Crippen molar-refractivity contribution in [3.8, 4) is 0 Å². The summed E-state index contributed by atoms with van der Waals surface area (Å²) in [4.78, 5) is 10.5. The van der Waals surface area contributed by atoms with Crippen LogP contribution in [0.3, 0.4) is 0 Å². The molecule has 1 aromatic rings. The molecule has 0 aliphatic carbocycles. The van der Waals surface area contributed by atoms with Crippen molar-refractivity contribution in [3.05, 3.63) is 27.7 Å². The number of benzene rings is 1. The molecule has 0 saturated carbocycles. The summed E-state index contributed by atoms with van der Waals surface area (Å²) in [6.07, 6.45) is 0. The van der Waals surface area contributed by atoms with Crippen LogP contribution in [0, 0.1) is 0 Å². The number of aromatic carboxylic acids is 1. The van der Waals surface area contributed by atoms with Gasteiger partial charge in [0.2, 0.25) is 10.0 Å². The van der Waals surface area contributed by atoms with Gasteiger partial charge in [0.1, 0.15) is 4.90 Å². The standard InChI is InChI=1S/C11H13Cl2NO5S/c1-11(2,17)5-14-20(18,19)8-4-6(12)3-7(9(8)13)10(15)16/h3-4,14,17H,5H2,1-2H3,(H,15,16). The molecule has 0 unspecified atom stereocenters. The van der Waals surface area contributed by atoms with Gasteiger partial charge in [0.25, 0.3) is 0 Å². The summed E-state index contributed by atoms with van der Waals surface area (Å²) in [5, 5.41) is 17.9. The van der Waals surface area contributed by atoms with Crippen molar-refractivity contribution in [1.29, 1.82) is 0 Å². The molecule has 3 N–H and O–H groups in total. The summed E-state index contributed by atoms with van der Waals surface area (Å²) in [5.41, 5.74) is -1.68. The molecular weight excluding hydrogens is 329 g/mol. The van der Waals surface area contributed by atoms with Crippen molar-refractivity contribution in [2.24, 2.45) is 0 Å². The van der Waals surface area contributed by atoms with Crippen LogP contribution in [-0.2, 0) is 10.0 Å². The minimum Gasteiger partial charge on any atom is -0.478 e. The molecule has 0 amide bonds. The van der Waals surface area contributed by atoms with Crippen LogP contribution in [0.4, 0.5) is 0 Å². The first-order valence-electron chi connectivity index (χ1n) is 5.38. The molecule has 20 heavy (non-hydrogen) atoms. The highest BCUT2D eigenvalue weighted by Crippen LogP contribution is 2.29. The largest absolute Gasteiger partial charge is 0.478 e. The van der Waals surface area contributed by atoms with Gasteiger partial charge in [-0.1, -0.05) is 23.2 Å². The second-order valence-electron chi connectivity index (χ2n) is 4.71. The number of carboxylic acid groups (broad SMARTS) is 1. The van der Waals surface area contributed by atoms with Crippen LogP contribution in [0.25, 0.3) is 0 Å². The fraction of sp³-hybridized carbons (Fsp3) is 0.364. The van der Waals surface area contributed by atoms with Gasteiger partial charge < -0.3 is 10.2 Å². The summed E-state index contributed by atoms with van der Waals surface area (Å²) >= 11 is 11.5. The minimum atomic E-state index is -4.09. The second kappa shape index (κ2) is 5.87. The van der Waals surface area contributed by atoms with E-state index in [9.17, 15) is 18.3 Å². The number of carbonyl (C=O) groups is 1. The van der Waals surface area contributed by atoms with Crippen molar-refractivity contribution < 1.29 is 23.4 Å². The number of hydrogen-bond acceptors (Lipinski definition) is 4. The summed E-state index contributed by atoms with van der Waals surface area (Å²) < 4.78 is 26.3. The molecule has 1 rings (SSSR count). The van der Waals surface area contributed by atoms with Crippen molar-refractivity contribution >= 4 is 39.2 Å². The van der Waals surface area contributed by atoms with Crippen LogP contribution in [0.1, 0.15) is 24.2 Å². The maximum Gasteiger partial charge on any atom is 0.337 e. The molecule has 0 radical (unpaired) electrons. The Balaban J connectivity index is 3.29. The minimum absolute atomic E-state index is 0.0737. The van der Waals surface area contributed by atoms with E-state index in [1.165, 1.54) is 13.8 Å². The van der Waals surface area contributed by atoms with Crippen LogP contribution in [0.2, 0.25) is 10.0 Å². The zero-order chi connectivity index (χ0) is 15.7.